The van der Waals surface area contributed by atoms with Crippen LogP contribution in [0.4, 0.5) is 0 Å². The van der Waals surface area contributed by atoms with Crippen molar-refractivity contribution < 1.29 is 18.3 Å². The number of nitrogens with zero attached hydrogens (tertiary/aromatic N) is 1. The molecule has 0 amide bonds. The molecule has 1 saturated heterocycles. The molecule has 2 aromatic rings. The van der Waals surface area contributed by atoms with Crippen LogP contribution in [0, 0.1) is 0 Å². The number of carbonyl (C=O) groups is 1. The number of piperidine rings is 1. The molecule has 1 fully saturated rings. The third kappa shape index (κ3) is 6.90. The van der Waals surface area contributed by atoms with Gasteiger partial charge in [0, 0.05) is 25.4 Å². The van der Waals surface area contributed by atoms with Crippen molar-refractivity contribution in [2.75, 3.05) is 13.1 Å². The highest BCUT2D eigenvalue weighted by Gasteiger charge is 2.26. The molecule has 7 nitrogen and oxygen atoms in total. The maximum atomic E-state index is 12.5. The third-order valence-electron chi connectivity index (χ3n) is 5.23. The normalized spacial score (nSPS) is 17.0. The van der Waals surface area contributed by atoms with E-state index in [4.69, 9.17) is 5.11 Å². The number of aliphatic carboxylic acids is 1. The lowest BCUT2D eigenvalue weighted by atomic mass is 9.97. The summed E-state index contributed by atoms with van der Waals surface area (Å²) in [6, 6.07) is 9.95. The highest BCUT2D eigenvalue weighted by Crippen LogP contribution is 2.17. The molecule has 1 atom stereocenters. The average molecular weight is 432 g/mol. The second-order valence-corrected chi connectivity index (χ2v) is 9.67. The predicted molar refractivity (Wildman–Crippen MR) is 116 cm³/mol. The van der Waals surface area contributed by atoms with E-state index < -0.39 is 21.4 Å². The molecule has 30 heavy (non-hydrogen) atoms. The fraction of sp³-hybridized carbons (Fsp3) is 0.455. The predicted octanol–water partition coefficient (Wildman–Crippen LogP) is 2.25. The number of aryl methyl sites for hydroxylation is 1. The molecule has 3 rings (SSSR count). The van der Waals surface area contributed by atoms with Crippen LogP contribution in [0.2, 0.25) is 0 Å². The molecular formula is C22H29N3O4S. The smallest absolute Gasteiger partial charge is 0.303 e. The molecule has 2 heterocycles. The van der Waals surface area contributed by atoms with Crippen molar-refractivity contribution in [2.45, 2.75) is 50.3 Å². The van der Waals surface area contributed by atoms with Crippen molar-refractivity contribution in [1.29, 1.82) is 0 Å². The van der Waals surface area contributed by atoms with Crippen LogP contribution in [-0.4, -0.2) is 42.9 Å². The van der Waals surface area contributed by atoms with Gasteiger partial charge in [0.15, 0.2) is 0 Å². The van der Waals surface area contributed by atoms with Gasteiger partial charge in [-0.1, -0.05) is 24.3 Å². The van der Waals surface area contributed by atoms with Crippen LogP contribution in [0.1, 0.15) is 47.9 Å². The Hall–Kier alpha value is -2.29. The lowest BCUT2D eigenvalue weighted by Crippen LogP contribution is -2.46. The molecule has 1 aliphatic rings. The monoisotopic (exact) mass is 431 g/mol. The van der Waals surface area contributed by atoms with E-state index in [0.29, 0.717) is 32.2 Å². The first-order valence-corrected chi connectivity index (χ1v) is 11.9. The van der Waals surface area contributed by atoms with Crippen LogP contribution < -0.4 is 10.0 Å². The van der Waals surface area contributed by atoms with Gasteiger partial charge in [0.2, 0.25) is 10.0 Å². The summed E-state index contributed by atoms with van der Waals surface area (Å²) in [5, 5.41) is 11.6. The van der Waals surface area contributed by atoms with Gasteiger partial charge in [-0.25, -0.2) is 13.1 Å². The molecule has 0 aliphatic carbocycles. The summed E-state index contributed by atoms with van der Waals surface area (Å²) in [6.45, 7) is 1.05. The van der Waals surface area contributed by atoms with Gasteiger partial charge in [-0.3, -0.25) is 9.78 Å². The molecule has 1 aromatic heterocycles. The Morgan fingerprint density at radius 1 is 1.13 bits per heavy atom. The Morgan fingerprint density at radius 3 is 2.57 bits per heavy atom. The number of hydrogen-bond acceptors (Lipinski definition) is 5. The van der Waals surface area contributed by atoms with Crippen LogP contribution in [0.3, 0.4) is 0 Å². The summed E-state index contributed by atoms with van der Waals surface area (Å²) in [6.07, 6.45) is 7.86. The Kier molecular flexibility index (Phi) is 7.95. The minimum absolute atomic E-state index is 0.0652. The van der Waals surface area contributed by atoms with E-state index in [1.165, 1.54) is 0 Å². The highest BCUT2D eigenvalue weighted by atomic mass is 32.2. The zero-order valence-corrected chi connectivity index (χ0v) is 17.8. The van der Waals surface area contributed by atoms with E-state index in [0.717, 1.165) is 41.6 Å². The second kappa shape index (κ2) is 10.7. The van der Waals surface area contributed by atoms with E-state index in [-0.39, 0.29) is 6.42 Å². The number of aromatic nitrogens is 1. The molecule has 0 radical (unpaired) electrons. The maximum absolute atomic E-state index is 12.5. The summed E-state index contributed by atoms with van der Waals surface area (Å²) in [5.74, 6) is -0.832. The van der Waals surface area contributed by atoms with Gasteiger partial charge in [0.05, 0.1) is 0 Å². The van der Waals surface area contributed by atoms with Crippen molar-refractivity contribution in [2.24, 2.45) is 0 Å². The minimum atomic E-state index is -3.39. The lowest BCUT2D eigenvalue weighted by molar-refractivity contribution is -0.136. The van der Waals surface area contributed by atoms with Crippen molar-refractivity contribution >= 4 is 16.0 Å². The van der Waals surface area contributed by atoms with Crippen LogP contribution in [0.15, 0.2) is 42.7 Å². The lowest BCUT2D eigenvalue weighted by Gasteiger charge is -2.23. The van der Waals surface area contributed by atoms with E-state index in [9.17, 15) is 13.2 Å². The first-order chi connectivity index (χ1) is 14.4. The molecule has 0 saturated carbocycles. The summed E-state index contributed by atoms with van der Waals surface area (Å²) in [4.78, 5) is 15.1. The quantitative estimate of drug-likeness (QED) is 0.532. The fourth-order valence-electron chi connectivity index (χ4n) is 3.74. The van der Waals surface area contributed by atoms with E-state index in [2.05, 4.69) is 21.1 Å². The number of nitrogens with one attached hydrogen (secondary N) is 2. The van der Waals surface area contributed by atoms with Crippen molar-refractivity contribution in [3.8, 4) is 0 Å². The number of carboxylic acids is 1. The molecule has 1 unspecified atom stereocenters. The van der Waals surface area contributed by atoms with Gasteiger partial charge in [-0.2, -0.15) is 0 Å². The highest BCUT2D eigenvalue weighted by molar-refractivity contribution is 7.90. The van der Waals surface area contributed by atoms with Gasteiger partial charge < -0.3 is 10.4 Å². The second-order valence-electron chi connectivity index (χ2n) is 7.72. The van der Waals surface area contributed by atoms with Crippen LogP contribution in [0.25, 0.3) is 0 Å². The molecule has 0 spiro atoms. The number of carboxylic acid groups (broad SMARTS) is 1. The summed E-state index contributed by atoms with van der Waals surface area (Å²) < 4.78 is 27.7. The van der Waals surface area contributed by atoms with Crippen LogP contribution in [0.5, 0.6) is 0 Å². The Bertz CT molecular complexity index is 942. The number of pyridine rings is 1. The molecule has 3 N–H and O–H groups in total. The number of hydrogen-bond donors (Lipinski definition) is 3. The first kappa shape index (κ1) is 22.4. The zero-order valence-electron chi connectivity index (χ0n) is 17.0. The fourth-order valence-corrected chi connectivity index (χ4v) is 5.14. The van der Waals surface area contributed by atoms with Crippen LogP contribution >= 0.6 is 0 Å². The van der Waals surface area contributed by atoms with Crippen molar-refractivity contribution in [1.82, 2.24) is 15.0 Å². The Balaban J connectivity index is 1.68. The van der Waals surface area contributed by atoms with Gasteiger partial charge in [0.1, 0.15) is 5.37 Å². The summed E-state index contributed by atoms with van der Waals surface area (Å²) in [7, 11) is -3.39. The van der Waals surface area contributed by atoms with E-state index in [1.54, 1.807) is 6.20 Å². The number of sulfonamides is 1. The topological polar surface area (TPSA) is 108 Å². The molecular weight excluding hydrogens is 402 g/mol. The minimum Gasteiger partial charge on any atom is -0.481 e. The largest absolute Gasteiger partial charge is 0.481 e. The Labute approximate surface area is 178 Å². The van der Waals surface area contributed by atoms with E-state index in [1.807, 2.05) is 30.5 Å². The van der Waals surface area contributed by atoms with Gasteiger partial charge in [0.25, 0.3) is 0 Å². The van der Waals surface area contributed by atoms with Gasteiger partial charge >= 0.3 is 5.97 Å². The Morgan fingerprint density at radius 2 is 1.90 bits per heavy atom. The average Bonchev–Trinajstić information content (AvgIpc) is 2.73. The third-order valence-corrected chi connectivity index (χ3v) is 6.99. The van der Waals surface area contributed by atoms with Gasteiger partial charge in [-0.05, 0) is 73.4 Å². The molecule has 162 valence electrons. The van der Waals surface area contributed by atoms with Crippen molar-refractivity contribution in [3.63, 3.8) is 0 Å². The van der Waals surface area contributed by atoms with Crippen LogP contribution in [-0.2, 0) is 34.1 Å². The molecule has 1 aliphatic heterocycles. The van der Waals surface area contributed by atoms with E-state index >= 15 is 0 Å². The molecule has 0 bridgehead atoms. The SMILES string of the molecule is O=C(O)CCc1cc(CCNS(=O)(=O)C2CCCCN2)cc(Cc2cccnc2)c1. The van der Waals surface area contributed by atoms with Gasteiger partial charge in [-0.15, -0.1) is 0 Å². The molecule has 8 heteroatoms. The zero-order chi connectivity index (χ0) is 21.4. The summed E-state index contributed by atoms with van der Waals surface area (Å²) in [5.41, 5.74) is 4.09. The first-order valence-electron chi connectivity index (χ1n) is 10.4. The standard InChI is InChI=1S/C22H29N3O4S/c26-22(27)7-6-17-12-18(14-20(13-17)15-19-4-3-9-23-16-19)8-11-25-30(28,29)21-5-1-2-10-24-21/h3-4,9,12-14,16,21,24-25H,1-2,5-8,10-11,15H2,(H,26,27). The number of benzene rings is 1. The molecule has 1 aromatic carbocycles. The number of rotatable bonds is 10. The van der Waals surface area contributed by atoms with Crippen molar-refractivity contribution in [3.05, 3.63) is 65.0 Å². The summed E-state index contributed by atoms with van der Waals surface area (Å²) >= 11 is 0. The maximum Gasteiger partial charge on any atom is 0.303 e.